The van der Waals surface area contributed by atoms with Crippen LogP contribution in [0.2, 0.25) is 0 Å². The molecule has 0 aliphatic rings. The van der Waals surface area contributed by atoms with E-state index in [0.29, 0.717) is 11.3 Å². The van der Waals surface area contributed by atoms with Gasteiger partial charge >= 0.3 is 5.97 Å². The van der Waals surface area contributed by atoms with Crippen LogP contribution in [0.15, 0.2) is 18.2 Å². The SMILES string of the molecule is COC(=O)c1ccc(C#CCSC(C)=O)cc1O. The Balaban J connectivity index is 2.78. The van der Waals surface area contributed by atoms with Crippen LogP contribution in [0.5, 0.6) is 5.75 Å². The topological polar surface area (TPSA) is 63.6 Å². The summed E-state index contributed by atoms with van der Waals surface area (Å²) in [7, 11) is 1.24. The fraction of sp³-hybridized carbons (Fsp3) is 0.231. The van der Waals surface area contributed by atoms with Crippen LogP contribution in [0.4, 0.5) is 0 Å². The number of benzene rings is 1. The average molecular weight is 264 g/mol. The predicted molar refractivity (Wildman–Crippen MR) is 69.5 cm³/mol. The Morgan fingerprint density at radius 3 is 2.72 bits per heavy atom. The number of hydrogen-bond donors (Lipinski definition) is 1. The van der Waals surface area contributed by atoms with Crippen molar-refractivity contribution < 1.29 is 19.4 Å². The number of rotatable bonds is 2. The van der Waals surface area contributed by atoms with Crippen LogP contribution in [-0.4, -0.2) is 29.1 Å². The number of hydrogen-bond acceptors (Lipinski definition) is 5. The fourth-order valence-electron chi connectivity index (χ4n) is 1.17. The standard InChI is InChI=1S/C13H12O4S/c1-9(14)18-7-3-4-10-5-6-11(12(15)8-10)13(16)17-2/h5-6,8,15H,7H2,1-2H3. The Morgan fingerprint density at radius 2 is 2.17 bits per heavy atom. The van der Waals surface area contributed by atoms with E-state index in [9.17, 15) is 14.7 Å². The minimum Gasteiger partial charge on any atom is -0.507 e. The molecular formula is C13H12O4S. The first kappa shape index (κ1) is 14.1. The summed E-state index contributed by atoms with van der Waals surface area (Å²) >= 11 is 1.12. The highest BCUT2D eigenvalue weighted by Crippen LogP contribution is 2.19. The molecule has 5 heteroatoms. The zero-order valence-electron chi connectivity index (χ0n) is 10.0. The lowest BCUT2D eigenvalue weighted by Gasteiger charge is -2.02. The number of ether oxygens (including phenoxy) is 1. The van der Waals surface area contributed by atoms with Gasteiger partial charge in [-0.25, -0.2) is 4.79 Å². The molecule has 0 amide bonds. The van der Waals surface area contributed by atoms with Crippen LogP contribution in [0.1, 0.15) is 22.8 Å². The van der Waals surface area contributed by atoms with Gasteiger partial charge in [0, 0.05) is 12.5 Å². The number of thioether (sulfide) groups is 1. The third-order valence-corrected chi connectivity index (χ3v) is 2.68. The van der Waals surface area contributed by atoms with Crippen LogP contribution in [0, 0.1) is 11.8 Å². The van der Waals surface area contributed by atoms with Gasteiger partial charge in [-0.1, -0.05) is 23.6 Å². The number of aromatic hydroxyl groups is 1. The van der Waals surface area contributed by atoms with Crippen molar-refractivity contribution in [3.63, 3.8) is 0 Å². The van der Waals surface area contributed by atoms with Crippen molar-refractivity contribution in [2.24, 2.45) is 0 Å². The number of carbonyl (C=O) groups is 2. The molecule has 1 aromatic carbocycles. The van der Waals surface area contributed by atoms with Gasteiger partial charge in [0.05, 0.1) is 12.9 Å². The minimum absolute atomic E-state index is 0.00758. The summed E-state index contributed by atoms with van der Waals surface area (Å²) in [4.78, 5) is 21.9. The van der Waals surface area contributed by atoms with Crippen LogP contribution in [-0.2, 0) is 9.53 Å². The molecule has 0 aliphatic heterocycles. The molecule has 0 bridgehead atoms. The number of esters is 1. The molecule has 0 saturated heterocycles. The van der Waals surface area contributed by atoms with Crippen molar-refractivity contribution in [1.29, 1.82) is 0 Å². The molecule has 1 aromatic rings. The largest absolute Gasteiger partial charge is 0.507 e. The Kier molecular flexibility index (Phi) is 5.28. The first-order valence-corrected chi connectivity index (χ1v) is 6.06. The number of methoxy groups -OCH3 is 1. The van der Waals surface area contributed by atoms with E-state index in [4.69, 9.17) is 0 Å². The molecule has 1 N–H and O–H groups in total. The highest BCUT2D eigenvalue weighted by molar-refractivity contribution is 8.13. The molecule has 18 heavy (non-hydrogen) atoms. The van der Waals surface area contributed by atoms with E-state index in [-0.39, 0.29) is 16.4 Å². The van der Waals surface area contributed by atoms with E-state index >= 15 is 0 Å². The van der Waals surface area contributed by atoms with Crippen molar-refractivity contribution in [2.45, 2.75) is 6.92 Å². The molecular weight excluding hydrogens is 252 g/mol. The van der Waals surface area contributed by atoms with E-state index in [1.807, 2.05) is 0 Å². The van der Waals surface area contributed by atoms with E-state index < -0.39 is 5.97 Å². The summed E-state index contributed by atoms with van der Waals surface area (Å²) in [5.41, 5.74) is 0.672. The third-order valence-electron chi connectivity index (χ3n) is 1.98. The molecule has 94 valence electrons. The van der Waals surface area contributed by atoms with Crippen molar-refractivity contribution >= 4 is 22.8 Å². The quantitative estimate of drug-likeness (QED) is 0.652. The maximum atomic E-state index is 11.2. The van der Waals surface area contributed by atoms with Gasteiger partial charge in [-0.05, 0) is 18.2 Å². The molecule has 0 saturated carbocycles. The van der Waals surface area contributed by atoms with Crippen LogP contribution < -0.4 is 0 Å². The second kappa shape index (κ2) is 6.72. The summed E-state index contributed by atoms with van der Waals surface area (Å²) in [5, 5.41) is 9.62. The highest BCUT2D eigenvalue weighted by atomic mass is 32.2. The van der Waals surface area contributed by atoms with Gasteiger partial charge in [-0.15, -0.1) is 0 Å². The van der Waals surface area contributed by atoms with Gasteiger partial charge in [-0.2, -0.15) is 0 Å². The Bertz CT molecular complexity index is 526. The normalized spacial score (nSPS) is 9.22. The molecule has 4 nitrogen and oxygen atoms in total. The lowest BCUT2D eigenvalue weighted by molar-refractivity contribution is -0.109. The van der Waals surface area contributed by atoms with Crippen molar-refractivity contribution in [3.8, 4) is 17.6 Å². The van der Waals surface area contributed by atoms with Crippen LogP contribution >= 0.6 is 11.8 Å². The fourth-order valence-corrected chi connectivity index (χ4v) is 1.52. The number of phenolic OH excluding ortho intramolecular Hbond substituents is 1. The maximum absolute atomic E-state index is 11.2. The van der Waals surface area contributed by atoms with E-state index in [2.05, 4.69) is 16.6 Å². The Hall–Kier alpha value is -1.93. The van der Waals surface area contributed by atoms with Gasteiger partial charge in [0.15, 0.2) is 5.12 Å². The van der Waals surface area contributed by atoms with Crippen molar-refractivity contribution in [1.82, 2.24) is 0 Å². The van der Waals surface area contributed by atoms with Gasteiger partial charge in [0.2, 0.25) is 0 Å². The number of phenols is 1. The van der Waals surface area contributed by atoms with E-state index in [1.165, 1.54) is 26.2 Å². The Labute approximate surface area is 109 Å². The zero-order chi connectivity index (χ0) is 13.5. The molecule has 0 heterocycles. The Morgan fingerprint density at radius 1 is 1.44 bits per heavy atom. The summed E-state index contributed by atoms with van der Waals surface area (Å²) in [5.74, 6) is 5.20. The summed E-state index contributed by atoms with van der Waals surface area (Å²) < 4.78 is 4.51. The number of carbonyl (C=O) groups excluding carboxylic acids is 2. The van der Waals surface area contributed by atoms with Gasteiger partial charge in [-0.3, -0.25) is 4.79 Å². The third kappa shape index (κ3) is 4.15. The van der Waals surface area contributed by atoms with E-state index in [1.54, 1.807) is 6.07 Å². The lowest BCUT2D eigenvalue weighted by Crippen LogP contribution is -2.01. The second-order valence-corrected chi connectivity index (χ2v) is 4.46. The second-order valence-electron chi connectivity index (χ2n) is 3.31. The summed E-state index contributed by atoms with van der Waals surface area (Å²) in [6, 6.07) is 4.44. The van der Waals surface area contributed by atoms with Gasteiger partial charge in [0.1, 0.15) is 11.3 Å². The maximum Gasteiger partial charge on any atom is 0.341 e. The van der Waals surface area contributed by atoms with Crippen LogP contribution in [0.25, 0.3) is 0 Å². The molecule has 0 aromatic heterocycles. The minimum atomic E-state index is -0.598. The molecule has 0 fully saturated rings. The van der Waals surface area contributed by atoms with Gasteiger partial charge < -0.3 is 9.84 Å². The summed E-state index contributed by atoms with van der Waals surface area (Å²) in [6.07, 6.45) is 0. The summed E-state index contributed by atoms with van der Waals surface area (Å²) in [6.45, 7) is 1.48. The molecule has 0 atom stereocenters. The predicted octanol–water partition coefficient (Wildman–Crippen LogP) is 1.81. The average Bonchev–Trinajstić information content (AvgIpc) is 2.33. The first-order chi connectivity index (χ1) is 8.54. The van der Waals surface area contributed by atoms with Gasteiger partial charge in [0.25, 0.3) is 0 Å². The van der Waals surface area contributed by atoms with Crippen molar-refractivity contribution in [3.05, 3.63) is 29.3 Å². The van der Waals surface area contributed by atoms with Crippen molar-refractivity contribution in [2.75, 3.05) is 12.9 Å². The van der Waals surface area contributed by atoms with E-state index in [0.717, 1.165) is 11.8 Å². The van der Waals surface area contributed by atoms with Crippen LogP contribution in [0.3, 0.4) is 0 Å². The molecule has 0 spiro atoms. The smallest absolute Gasteiger partial charge is 0.341 e. The highest BCUT2D eigenvalue weighted by Gasteiger charge is 2.10. The molecule has 0 radical (unpaired) electrons. The first-order valence-electron chi connectivity index (χ1n) is 5.08. The molecule has 0 unspecified atom stereocenters. The lowest BCUT2D eigenvalue weighted by atomic mass is 10.1. The zero-order valence-corrected chi connectivity index (χ0v) is 10.8. The monoisotopic (exact) mass is 264 g/mol. The molecule has 0 aliphatic carbocycles. The molecule has 1 rings (SSSR count).